The van der Waals surface area contributed by atoms with Gasteiger partial charge in [-0.25, -0.2) is 13.6 Å². The molecule has 196 valence electrons. The fourth-order valence-electron chi connectivity index (χ4n) is 3.91. The van der Waals surface area contributed by atoms with E-state index >= 15 is 0 Å². The molecule has 3 nitrogen and oxygen atoms in total. The molecule has 0 saturated carbocycles. The normalized spacial score (nSPS) is 10.9. The summed E-state index contributed by atoms with van der Waals surface area (Å²) in [7, 11) is 0. The van der Waals surface area contributed by atoms with Crippen molar-refractivity contribution >= 4 is 5.97 Å². The molecule has 4 rings (SSSR count). The molecule has 0 atom stereocenters. The van der Waals surface area contributed by atoms with E-state index in [1.807, 2.05) is 26.0 Å². The number of halogens is 4. The summed E-state index contributed by atoms with van der Waals surface area (Å²) in [5.74, 6) is -6.36. The van der Waals surface area contributed by atoms with Gasteiger partial charge in [0.15, 0.2) is 23.1 Å². The van der Waals surface area contributed by atoms with Gasteiger partial charge in [-0.1, -0.05) is 73.9 Å². The van der Waals surface area contributed by atoms with E-state index in [0.717, 1.165) is 24.5 Å². The number of aryl methyl sites for hydroxylation is 1. The van der Waals surface area contributed by atoms with E-state index in [4.69, 9.17) is 9.47 Å². The van der Waals surface area contributed by atoms with Gasteiger partial charge in [0, 0.05) is 11.1 Å². The van der Waals surface area contributed by atoms with Crippen molar-refractivity contribution in [1.29, 1.82) is 0 Å². The summed E-state index contributed by atoms with van der Waals surface area (Å²) in [6.07, 6.45) is 2.57. The van der Waals surface area contributed by atoms with E-state index in [0.29, 0.717) is 17.5 Å². The Hall–Kier alpha value is -4.13. The van der Waals surface area contributed by atoms with Crippen LogP contribution in [0.2, 0.25) is 0 Å². The zero-order valence-corrected chi connectivity index (χ0v) is 21.0. The molecule has 0 radical (unpaired) electrons. The summed E-state index contributed by atoms with van der Waals surface area (Å²) in [4.78, 5) is 12.5. The molecule has 0 amide bonds. The molecule has 0 aliphatic carbocycles. The fraction of sp³-hybridized carbons (Fsp3) is 0.194. The Bertz CT molecular complexity index is 1430. The lowest BCUT2D eigenvalue weighted by atomic mass is 9.98. The number of ether oxygens (including phenoxy) is 2. The van der Waals surface area contributed by atoms with Crippen molar-refractivity contribution in [1.82, 2.24) is 0 Å². The van der Waals surface area contributed by atoms with Crippen LogP contribution in [0, 0.1) is 30.2 Å². The van der Waals surface area contributed by atoms with Crippen LogP contribution in [0.25, 0.3) is 22.3 Å². The third kappa shape index (κ3) is 5.88. The van der Waals surface area contributed by atoms with Crippen molar-refractivity contribution in [2.45, 2.75) is 33.1 Å². The average molecular weight is 523 g/mol. The van der Waals surface area contributed by atoms with Gasteiger partial charge in [0.05, 0.1) is 12.2 Å². The van der Waals surface area contributed by atoms with Gasteiger partial charge in [0.25, 0.3) is 0 Å². The SMILES string of the molecule is CCCCCOc1ccc(OC(=O)c2ccc(-c3ccc(-c4ccc(C)cc4)c(F)c3F)cc2)c(F)c1F. The van der Waals surface area contributed by atoms with Gasteiger partial charge in [-0.05, 0) is 48.7 Å². The van der Waals surface area contributed by atoms with Crippen LogP contribution in [-0.4, -0.2) is 12.6 Å². The topological polar surface area (TPSA) is 35.5 Å². The van der Waals surface area contributed by atoms with Gasteiger partial charge in [-0.15, -0.1) is 0 Å². The van der Waals surface area contributed by atoms with Gasteiger partial charge in [-0.2, -0.15) is 8.78 Å². The molecule has 0 spiro atoms. The largest absolute Gasteiger partial charge is 0.490 e. The maximum absolute atomic E-state index is 14.9. The van der Waals surface area contributed by atoms with Gasteiger partial charge < -0.3 is 9.47 Å². The maximum atomic E-state index is 14.9. The van der Waals surface area contributed by atoms with E-state index in [1.165, 1.54) is 42.5 Å². The highest BCUT2D eigenvalue weighted by molar-refractivity contribution is 5.91. The molecule has 0 bridgehead atoms. The fourth-order valence-corrected chi connectivity index (χ4v) is 3.91. The molecule has 0 unspecified atom stereocenters. The summed E-state index contributed by atoms with van der Waals surface area (Å²) in [6, 6.07) is 17.9. The second-order valence-electron chi connectivity index (χ2n) is 8.87. The molecular formula is C31H26F4O3. The van der Waals surface area contributed by atoms with Crippen LogP contribution < -0.4 is 9.47 Å². The quantitative estimate of drug-likeness (QED) is 0.0955. The Kier molecular flexibility index (Phi) is 8.46. The van der Waals surface area contributed by atoms with E-state index < -0.39 is 35.0 Å². The molecule has 4 aromatic rings. The van der Waals surface area contributed by atoms with Crippen LogP contribution in [0.3, 0.4) is 0 Å². The number of esters is 1. The predicted octanol–water partition coefficient (Wildman–Crippen LogP) is 8.67. The summed E-state index contributed by atoms with van der Waals surface area (Å²) < 4.78 is 68.9. The smallest absolute Gasteiger partial charge is 0.343 e. The van der Waals surface area contributed by atoms with Crippen molar-refractivity contribution in [3.63, 3.8) is 0 Å². The lowest BCUT2D eigenvalue weighted by Crippen LogP contribution is -2.10. The number of carbonyl (C=O) groups is 1. The van der Waals surface area contributed by atoms with Crippen LogP contribution in [0.15, 0.2) is 72.8 Å². The standard InChI is InChI=1S/C31H26F4O3/c1-3-4-5-18-37-25-16-17-26(30(35)29(25)34)38-31(36)22-12-10-21(11-13-22)24-15-14-23(27(32)28(24)33)20-8-6-19(2)7-9-20/h6-17H,3-5,18H2,1-2H3. The Morgan fingerprint density at radius 2 is 1.18 bits per heavy atom. The van der Waals surface area contributed by atoms with Crippen LogP contribution >= 0.6 is 0 Å². The minimum Gasteiger partial charge on any atom is -0.490 e. The summed E-state index contributed by atoms with van der Waals surface area (Å²) >= 11 is 0. The number of hydrogen-bond donors (Lipinski definition) is 0. The van der Waals surface area contributed by atoms with Crippen molar-refractivity contribution in [3.8, 4) is 33.8 Å². The molecule has 0 N–H and O–H groups in total. The minimum absolute atomic E-state index is 0.0147. The van der Waals surface area contributed by atoms with E-state index in [2.05, 4.69) is 0 Å². The monoisotopic (exact) mass is 522 g/mol. The van der Waals surface area contributed by atoms with Crippen molar-refractivity contribution in [3.05, 3.63) is 107 Å². The number of carbonyl (C=O) groups excluding carboxylic acids is 1. The molecular weight excluding hydrogens is 496 g/mol. The summed E-state index contributed by atoms with van der Waals surface area (Å²) in [6.45, 7) is 4.16. The number of unbranched alkanes of at least 4 members (excludes halogenated alkanes) is 2. The zero-order chi connectivity index (χ0) is 27.2. The van der Waals surface area contributed by atoms with Crippen LogP contribution in [0.1, 0.15) is 42.1 Å². The predicted molar refractivity (Wildman–Crippen MR) is 138 cm³/mol. The first-order chi connectivity index (χ1) is 18.3. The first-order valence-corrected chi connectivity index (χ1v) is 12.3. The van der Waals surface area contributed by atoms with Gasteiger partial charge >= 0.3 is 5.97 Å². The second kappa shape index (κ2) is 11.9. The highest BCUT2D eigenvalue weighted by Gasteiger charge is 2.20. The Morgan fingerprint density at radius 3 is 1.76 bits per heavy atom. The van der Waals surface area contributed by atoms with Crippen LogP contribution in [0.5, 0.6) is 11.5 Å². The van der Waals surface area contributed by atoms with E-state index in [-0.39, 0.29) is 29.0 Å². The highest BCUT2D eigenvalue weighted by atomic mass is 19.2. The van der Waals surface area contributed by atoms with Crippen molar-refractivity contribution in [2.75, 3.05) is 6.61 Å². The molecule has 0 aromatic heterocycles. The van der Waals surface area contributed by atoms with Crippen LogP contribution in [0.4, 0.5) is 17.6 Å². The lowest BCUT2D eigenvalue weighted by Gasteiger charge is -2.11. The van der Waals surface area contributed by atoms with Crippen molar-refractivity contribution in [2.24, 2.45) is 0 Å². The highest BCUT2D eigenvalue weighted by Crippen LogP contribution is 2.32. The lowest BCUT2D eigenvalue weighted by molar-refractivity contribution is 0.0726. The van der Waals surface area contributed by atoms with Gasteiger partial charge in [0.2, 0.25) is 11.6 Å². The van der Waals surface area contributed by atoms with Gasteiger partial charge in [-0.3, -0.25) is 0 Å². The number of hydrogen-bond acceptors (Lipinski definition) is 3. The van der Waals surface area contributed by atoms with Crippen molar-refractivity contribution < 1.29 is 31.8 Å². The van der Waals surface area contributed by atoms with E-state index in [9.17, 15) is 22.4 Å². The summed E-state index contributed by atoms with van der Waals surface area (Å²) in [5, 5.41) is 0. The van der Waals surface area contributed by atoms with Gasteiger partial charge in [0.1, 0.15) is 0 Å². The Labute approximate surface area is 218 Å². The minimum atomic E-state index is -1.34. The molecule has 0 aliphatic rings. The van der Waals surface area contributed by atoms with E-state index in [1.54, 1.807) is 12.1 Å². The number of benzene rings is 4. The molecule has 0 heterocycles. The molecule has 4 aromatic carbocycles. The Balaban J connectivity index is 1.48. The summed E-state index contributed by atoms with van der Waals surface area (Å²) in [5.41, 5.74) is 2.05. The molecule has 0 aliphatic heterocycles. The van der Waals surface area contributed by atoms with Crippen LogP contribution in [-0.2, 0) is 0 Å². The molecule has 0 saturated heterocycles. The number of rotatable bonds is 9. The molecule has 0 fully saturated rings. The molecule has 7 heteroatoms. The third-order valence-electron chi connectivity index (χ3n) is 6.10. The first kappa shape index (κ1) is 26.9. The maximum Gasteiger partial charge on any atom is 0.343 e. The first-order valence-electron chi connectivity index (χ1n) is 12.3. The zero-order valence-electron chi connectivity index (χ0n) is 21.0. The molecule has 38 heavy (non-hydrogen) atoms. The third-order valence-corrected chi connectivity index (χ3v) is 6.10. The Morgan fingerprint density at radius 1 is 0.658 bits per heavy atom. The average Bonchev–Trinajstić information content (AvgIpc) is 2.92. The second-order valence-corrected chi connectivity index (χ2v) is 8.87.